The van der Waals surface area contributed by atoms with Crippen LogP contribution < -0.4 is 4.90 Å². The van der Waals surface area contributed by atoms with E-state index in [0.717, 1.165) is 4.90 Å². The Labute approximate surface area is 110 Å². The van der Waals surface area contributed by atoms with Crippen molar-refractivity contribution in [3.8, 4) is 0 Å². The van der Waals surface area contributed by atoms with Gasteiger partial charge in [-0.05, 0) is 34.7 Å². The first-order valence-electron chi connectivity index (χ1n) is 4.75. The smallest absolute Gasteiger partial charge is 0.294 e. The Morgan fingerprint density at radius 3 is 2.59 bits per heavy atom. The first kappa shape index (κ1) is 12.0. The van der Waals surface area contributed by atoms with Crippen molar-refractivity contribution in [2.24, 2.45) is 0 Å². The van der Waals surface area contributed by atoms with Gasteiger partial charge in [-0.25, -0.2) is 0 Å². The van der Waals surface area contributed by atoms with Gasteiger partial charge in [0.05, 0.1) is 17.9 Å². The minimum Gasteiger partial charge on any atom is -0.299 e. The van der Waals surface area contributed by atoms with E-state index in [4.69, 9.17) is 0 Å². The van der Waals surface area contributed by atoms with E-state index in [2.05, 4.69) is 0 Å². The molecule has 0 saturated carbocycles. The average Bonchev–Trinajstić information content (AvgIpc) is 2.57. The van der Waals surface area contributed by atoms with Crippen LogP contribution in [0.4, 0.5) is 11.4 Å². The highest BCUT2D eigenvalue weighted by Crippen LogP contribution is 2.31. The van der Waals surface area contributed by atoms with Crippen LogP contribution in [-0.4, -0.2) is 23.2 Å². The standard InChI is InChI=1S/C10H7IN2O4/c11-6-1-2-8(9(3-6)13(16)17)12-5-7(14)4-10(12)15/h1-3H,4-5H2. The Kier molecular flexibility index (Phi) is 3.09. The number of ketones is 1. The third-order valence-electron chi connectivity index (χ3n) is 2.41. The molecule has 0 unspecified atom stereocenters. The Balaban J connectivity index is 2.48. The van der Waals surface area contributed by atoms with Gasteiger partial charge in [0.2, 0.25) is 5.91 Å². The van der Waals surface area contributed by atoms with Crippen LogP contribution in [0.1, 0.15) is 6.42 Å². The predicted octanol–water partition coefficient (Wildman–Crippen LogP) is 1.51. The van der Waals surface area contributed by atoms with Crippen molar-refractivity contribution in [2.75, 3.05) is 11.4 Å². The molecule has 0 spiro atoms. The summed E-state index contributed by atoms with van der Waals surface area (Å²) in [6, 6.07) is 4.54. The topological polar surface area (TPSA) is 80.5 Å². The number of anilines is 1. The second kappa shape index (κ2) is 4.40. The first-order chi connectivity index (χ1) is 7.99. The zero-order chi connectivity index (χ0) is 12.6. The minimum absolute atomic E-state index is 0.0831. The molecule has 0 atom stereocenters. The van der Waals surface area contributed by atoms with Crippen molar-refractivity contribution in [1.82, 2.24) is 0 Å². The number of carbonyl (C=O) groups excluding carboxylic acids is 2. The van der Waals surface area contributed by atoms with Gasteiger partial charge in [-0.2, -0.15) is 0 Å². The molecule has 0 bridgehead atoms. The molecule has 0 aromatic heterocycles. The monoisotopic (exact) mass is 346 g/mol. The summed E-state index contributed by atoms with van der Waals surface area (Å²) in [5.41, 5.74) is 0.0335. The van der Waals surface area contributed by atoms with Crippen LogP contribution in [0.25, 0.3) is 0 Å². The zero-order valence-corrected chi connectivity index (χ0v) is 10.7. The van der Waals surface area contributed by atoms with Crippen molar-refractivity contribution in [1.29, 1.82) is 0 Å². The third-order valence-corrected chi connectivity index (χ3v) is 3.08. The van der Waals surface area contributed by atoms with Crippen LogP contribution in [0.5, 0.6) is 0 Å². The Morgan fingerprint density at radius 2 is 2.06 bits per heavy atom. The van der Waals surface area contributed by atoms with Crippen LogP contribution in [-0.2, 0) is 9.59 Å². The molecule has 1 amide bonds. The van der Waals surface area contributed by atoms with Crippen molar-refractivity contribution >= 4 is 45.7 Å². The molecule has 1 aromatic carbocycles. The van der Waals surface area contributed by atoms with E-state index in [0.29, 0.717) is 3.57 Å². The highest BCUT2D eigenvalue weighted by atomic mass is 127. The van der Waals surface area contributed by atoms with Crippen LogP contribution in [0, 0.1) is 13.7 Å². The van der Waals surface area contributed by atoms with E-state index in [1.165, 1.54) is 12.1 Å². The van der Waals surface area contributed by atoms with E-state index in [9.17, 15) is 19.7 Å². The lowest BCUT2D eigenvalue weighted by Crippen LogP contribution is -2.25. The quantitative estimate of drug-likeness (QED) is 0.352. The number of nitro benzene ring substituents is 1. The van der Waals surface area contributed by atoms with Crippen LogP contribution in [0.15, 0.2) is 18.2 Å². The van der Waals surface area contributed by atoms with Gasteiger partial charge in [0.1, 0.15) is 5.69 Å². The number of halogens is 1. The number of hydrogen-bond donors (Lipinski definition) is 0. The van der Waals surface area contributed by atoms with Gasteiger partial charge in [-0.15, -0.1) is 0 Å². The average molecular weight is 346 g/mol. The molecule has 6 nitrogen and oxygen atoms in total. The van der Waals surface area contributed by atoms with Crippen molar-refractivity contribution < 1.29 is 14.5 Å². The molecular weight excluding hydrogens is 339 g/mol. The lowest BCUT2D eigenvalue weighted by Gasteiger charge is -2.14. The summed E-state index contributed by atoms with van der Waals surface area (Å²) in [6.45, 7) is -0.0831. The molecule has 1 aromatic rings. The number of nitro groups is 1. The number of amides is 1. The van der Waals surface area contributed by atoms with Crippen LogP contribution >= 0.6 is 22.6 Å². The minimum atomic E-state index is -0.548. The highest BCUT2D eigenvalue weighted by Gasteiger charge is 2.32. The van der Waals surface area contributed by atoms with Crippen molar-refractivity contribution in [3.63, 3.8) is 0 Å². The summed E-state index contributed by atoms with van der Waals surface area (Å²) in [5.74, 6) is -0.609. The Morgan fingerprint density at radius 1 is 1.35 bits per heavy atom. The molecule has 1 aliphatic heterocycles. The Hall–Kier alpha value is -1.51. The number of benzene rings is 1. The van der Waals surface area contributed by atoms with Crippen molar-refractivity contribution in [2.45, 2.75) is 6.42 Å². The SMILES string of the molecule is O=C1CC(=O)N(c2ccc(I)cc2[N+](=O)[O-])C1. The van der Waals surface area contributed by atoms with E-state index in [1.807, 2.05) is 22.6 Å². The normalized spacial score (nSPS) is 15.5. The van der Waals surface area contributed by atoms with Gasteiger partial charge in [-0.3, -0.25) is 24.6 Å². The summed E-state index contributed by atoms with van der Waals surface area (Å²) < 4.78 is 0.705. The van der Waals surface area contributed by atoms with E-state index >= 15 is 0 Å². The molecular formula is C10H7IN2O4. The third kappa shape index (κ3) is 2.28. The van der Waals surface area contributed by atoms with Gasteiger partial charge in [-0.1, -0.05) is 0 Å². The lowest BCUT2D eigenvalue weighted by atomic mass is 10.2. The van der Waals surface area contributed by atoms with E-state index in [1.54, 1.807) is 6.07 Å². The van der Waals surface area contributed by atoms with Gasteiger partial charge in [0.25, 0.3) is 5.69 Å². The van der Waals surface area contributed by atoms with Gasteiger partial charge in [0.15, 0.2) is 5.78 Å². The number of nitrogens with zero attached hydrogens (tertiary/aromatic N) is 2. The van der Waals surface area contributed by atoms with Crippen molar-refractivity contribution in [3.05, 3.63) is 31.9 Å². The maximum absolute atomic E-state index is 11.5. The van der Waals surface area contributed by atoms with Crippen LogP contribution in [0.2, 0.25) is 0 Å². The lowest BCUT2D eigenvalue weighted by molar-refractivity contribution is -0.384. The molecule has 0 aliphatic carbocycles. The molecule has 1 saturated heterocycles. The highest BCUT2D eigenvalue weighted by molar-refractivity contribution is 14.1. The van der Waals surface area contributed by atoms with Gasteiger partial charge < -0.3 is 0 Å². The molecule has 0 radical (unpaired) electrons. The molecule has 88 valence electrons. The van der Waals surface area contributed by atoms with Crippen LogP contribution in [0.3, 0.4) is 0 Å². The largest absolute Gasteiger partial charge is 0.299 e. The number of hydrogen-bond acceptors (Lipinski definition) is 4. The maximum atomic E-state index is 11.5. The molecule has 1 fully saturated rings. The van der Waals surface area contributed by atoms with E-state index in [-0.39, 0.29) is 36.0 Å². The maximum Gasteiger partial charge on any atom is 0.294 e. The summed E-state index contributed by atoms with van der Waals surface area (Å²) in [4.78, 5) is 34.2. The molecule has 17 heavy (non-hydrogen) atoms. The summed E-state index contributed by atoms with van der Waals surface area (Å²) in [7, 11) is 0. The zero-order valence-electron chi connectivity index (χ0n) is 8.55. The second-order valence-corrected chi connectivity index (χ2v) is 4.83. The number of rotatable bonds is 2. The number of Topliss-reactive ketones (excluding diaryl/α,β-unsaturated/α-hetero) is 1. The van der Waals surface area contributed by atoms with Gasteiger partial charge in [0, 0.05) is 9.64 Å². The fourth-order valence-corrected chi connectivity index (χ4v) is 2.15. The molecule has 7 heteroatoms. The molecule has 1 aliphatic rings. The fourth-order valence-electron chi connectivity index (χ4n) is 1.68. The van der Waals surface area contributed by atoms with Gasteiger partial charge >= 0.3 is 0 Å². The second-order valence-electron chi connectivity index (χ2n) is 3.59. The molecule has 1 heterocycles. The Bertz CT molecular complexity index is 529. The molecule has 2 rings (SSSR count). The summed E-state index contributed by atoms with van der Waals surface area (Å²) in [6.07, 6.45) is -0.177. The molecule has 0 N–H and O–H groups in total. The van der Waals surface area contributed by atoms with E-state index < -0.39 is 4.92 Å². The summed E-state index contributed by atoms with van der Waals surface area (Å²) in [5, 5.41) is 10.9. The summed E-state index contributed by atoms with van der Waals surface area (Å²) >= 11 is 1.95. The predicted molar refractivity (Wildman–Crippen MR) is 67.8 cm³/mol. The first-order valence-corrected chi connectivity index (χ1v) is 5.83. The fraction of sp³-hybridized carbons (Fsp3) is 0.200. The number of carbonyl (C=O) groups is 2.